The fraction of sp³-hybridized carbons (Fsp3) is 0.500. The van der Waals surface area contributed by atoms with E-state index in [9.17, 15) is 14.7 Å². The van der Waals surface area contributed by atoms with Gasteiger partial charge in [0.15, 0.2) is 0 Å². The van der Waals surface area contributed by atoms with Crippen molar-refractivity contribution in [3.8, 4) is 11.1 Å². The molecule has 2 atom stereocenters. The molecule has 3 N–H and O–H groups in total. The van der Waals surface area contributed by atoms with Gasteiger partial charge in [-0.2, -0.15) is 0 Å². The summed E-state index contributed by atoms with van der Waals surface area (Å²) < 4.78 is 4.75. The third kappa shape index (κ3) is 8.99. The van der Waals surface area contributed by atoms with Crippen molar-refractivity contribution in [2.24, 2.45) is 11.8 Å². The van der Waals surface area contributed by atoms with Gasteiger partial charge < -0.3 is 25.4 Å². The maximum absolute atomic E-state index is 13.9. The summed E-state index contributed by atoms with van der Waals surface area (Å²) in [5, 5.41) is 19.8. The van der Waals surface area contributed by atoms with E-state index in [0.717, 1.165) is 55.0 Å². The highest BCUT2D eigenvalue weighted by Gasteiger charge is 2.43. The lowest BCUT2D eigenvalue weighted by Crippen LogP contribution is -2.48. The lowest BCUT2D eigenvalue weighted by atomic mass is 9.72. The van der Waals surface area contributed by atoms with E-state index in [1.807, 2.05) is 47.4 Å². The highest BCUT2D eigenvalue weighted by atomic mass is 35.5. The predicted molar refractivity (Wildman–Crippen MR) is 193 cm³/mol. The van der Waals surface area contributed by atoms with Crippen LogP contribution in [-0.2, 0) is 23.3 Å². The molecule has 1 aliphatic heterocycles. The Morgan fingerprint density at radius 1 is 0.979 bits per heavy atom. The van der Waals surface area contributed by atoms with Crippen LogP contribution in [0.1, 0.15) is 91.8 Å². The smallest absolute Gasteiger partial charge is 0.406 e. The van der Waals surface area contributed by atoms with E-state index in [4.69, 9.17) is 16.3 Å². The monoisotopic (exact) mass is 673 g/mol. The Labute approximate surface area is 291 Å². The molecule has 1 unspecified atom stereocenters. The first-order valence-corrected chi connectivity index (χ1v) is 18.2. The summed E-state index contributed by atoms with van der Waals surface area (Å²) in [5.41, 5.74) is 4.25. The van der Waals surface area contributed by atoms with Crippen molar-refractivity contribution in [2.75, 3.05) is 33.3 Å². The Kier molecular flexibility index (Phi) is 13.0. The maximum atomic E-state index is 13.9. The van der Waals surface area contributed by atoms with E-state index in [-0.39, 0.29) is 11.8 Å². The predicted octanol–water partition coefficient (Wildman–Crippen LogP) is 8.12. The van der Waals surface area contributed by atoms with Crippen LogP contribution in [0.5, 0.6) is 0 Å². The lowest BCUT2D eigenvalue weighted by molar-refractivity contribution is -0.0563. The Hall–Kier alpha value is -3.39. The molecule has 0 radical (unpaired) electrons. The van der Waals surface area contributed by atoms with E-state index >= 15 is 0 Å². The fourth-order valence-electron chi connectivity index (χ4n) is 7.62. The molecule has 2 amide bonds. The van der Waals surface area contributed by atoms with Gasteiger partial charge in [-0.1, -0.05) is 86.3 Å². The van der Waals surface area contributed by atoms with Crippen molar-refractivity contribution in [3.05, 3.63) is 94.0 Å². The molecule has 48 heavy (non-hydrogen) atoms. The number of benzene rings is 3. The van der Waals surface area contributed by atoms with Gasteiger partial charge in [-0.05, 0) is 97.9 Å². The Morgan fingerprint density at radius 2 is 1.75 bits per heavy atom. The van der Waals surface area contributed by atoms with E-state index in [2.05, 4.69) is 41.8 Å². The van der Waals surface area contributed by atoms with Crippen LogP contribution in [0, 0.1) is 11.8 Å². The number of ether oxygens (including phenoxy) is 1. The van der Waals surface area contributed by atoms with Crippen LogP contribution >= 0.6 is 11.6 Å². The number of amides is 2. The molecule has 0 spiro atoms. The molecule has 1 heterocycles. The molecule has 258 valence electrons. The zero-order valence-electron chi connectivity index (χ0n) is 28.6. The number of piperidine rings is 1. The second-order valence-electron chi connectivity index (χ2n) is 13.6. The highest BCUT2D eigenvalue weighted by molar-refractivity contribution is 6.33. The zero-order valence-corrected chi connectivity index (χ0v) is 29.4. The molecule has 1 saturated carbocycles. The summed E-state index contributed by atoms with van der Waals surface area (Å²) in [6, 6.07) is 22.0. The van der Waals surface area contributed by atoms with Crippen LogP contribution in [0.2, 0.25) is 5.02 Å². The van der Waals surface area contributed by atoms with Gasteiger partial charge in [0.25, 0.3) is 5.91 Å². The summed E-state index contributed by atoms with van der Waals surface area (Å²) >= 11 is 6.92. The molecule has 1 saturated heterocycles. The molecular formula is C40H52ClN3O4. The normalized spacial score (nSPS) is 18.2. The number of aliphatic hydroxyl groups is 1. The molecule has 2 fully saturated rings. The lowest BCUT2D eigenvalue weighted by Gasteiger charge is -2.44. The summed E-state index contributed by atoms with van der Waals surface area (Å²) in [6.45, 7) is 5.39. The summed E-state index contributed by atoms with van der Waals surface area (Å²) in [5.74, 6) is 0.528. The van der Waals surface area contributed by atoms with Gasteiger partial charge in [0.2, 0.25) is 0 Å². The molecule has 3 aromatic rings. The maximum Gasteiger partial charge on any atom is 0.406 e. The number of nitrogens with zero attached hydrogens (tertiary/aromatic N) is 1. The SMILES string of the molecule is CCc1cccc(-c2c(Cl)cccc2[C@@](O)(CCCNC(=O)OC)C2CCCN(C(=O)c3ccc(CNCC4CCCCC4)cc3)C2)c1. The van der Waals surface area contributed by atoms with Gasteiger partial charge in [0, 0.05) is 48.2 Å². The number of methoxy groups -OCH3 is 1. The second kappa shape index (κ2) is 17.3. The largest absolute Gasteiger partial charge is 0.453 e. The minimum Gasteiger partial charge on any atom is -0.453 e. The molecule has 1 aliphatic carbocycles. The first kappa shape index (κ1) is 35.9. The van der Waals surface area contributed by atoms with Crippen LogP contribution in [0.15, 0.2) is 66.7 Å². The zero-order chi connectivity index (χ0) is 33.9. The summed E-state index contributed by atoms with van der Waals surface area (Å²) in [6.07, 6.45) is 9.53. The number of aryl methyl sites for hydroxylation is 1. The first-order valence-electron chi connectivity index (χ1n) is 17.8. The second-order valence-corrected chi connectivity index (χ2v) is 14.0. The number of nitrogens with one attached hydrogen (secondary N) is 2. The van der Waals surface area contributed by atoms with Crippen molar-refractivity contribution >= 4 is 23.6 Å². The highest BCUT2D eigenvalue weighted by Crippen LogP contribution is 2.46. The van der Waals surface area contributed by atoms with Crippen LogP contribution < -0.4 is 10.6 Å². The van der Waals surface area contributed by atoms with E-state index in [1.54, 1.807) is 0 Å². The van der Waals surface area contributed by atoms with Gasteiger partial charge in [0.1, 0.15) is 0 Å². The molecule has 5 rings (SSSR count). The molecule has 0 aromatic heterocycles. The Balaban J connectivity index is 1.35. The number of carbonyl (C=O) groups is 2. The van der Waals surface area contributed by atoms with Crippen molar-refractivity contribution < 1.29 is 19.4 Å². The minimum absolute atomic E-state index is 0.0157. The van der Waals surface area contributed by atoms with E-state index < -0.39 is 11.7 Å². The van der Waals surface area contributed by atoms with Crippen molar-refractivity contribution in [1.82, 2.24) is 15.5 Å². The van der Waals surface area contributed by atoms with Crippen molar-refractivity contribution in [3.63, 3.8) is 0 Å². The van der Waals surface area contributed by atoms with E-state index in [1.165, 1.54) is 50.3 Å². The number of likely N-dealkylation sites (tertiary alicyclic amines) is 1. The number of carbonyl (C=O) groups excluding carboxylic acids is 2. The number of halogens is 1. The van der Waals surface area contributed by atoms with Crippen molar-refractivity contribution in [2.45, 2.75) is 83.3 Å². The standard InChI is InChI=1S/C40H52ClN3O4/c1-3-29-13-7-14-33(25-29)37-35(16-8-17-36(37)41)40(47,22-10-23-43-39(46)48-2)34-15-9-24-44(28-34)38(45)32-20-18-31(19-21-32)27-42-26-30-11-5-4-6-12-30/h7-8,13-14,16-21,25,30,34,42,47H,3-6,9-12,15,22-24,26-28H2,1-2H3,(H,43,46)/t34?,40-/m1/s1. The van der Waals surface area contributed by atoms with Crippen LogP contribution in [0.4, 0.5) is 4.79 Å². The number of hydrogen-bond donors (Lipinski definition) is 3. The number of rotatable bonds is 13. The third-order valence-electron chi connectivity index (χ3n) is 10.4. The molecule has 8 heteroatoms. The van der Waals surface area contributed by atoms with Crippen LogP contribution in [-0.4, -0.2) is 55.3 Å². The molecule has 3 aromatic carbocycles. The number of alkyl carbamates (subject to hydrolysis) is 1. The van der Waals surface area contributed by atoms with Gasteiger partial charge in [0.05, 0.1) is 12.7 Å². The average molecular weight is 674 g/mol. The van der Waals surface area contributed by atoms with Gasteiger partial charge in [-0.15, -0.1) is 0 Å². The van der Waals surface area contributed by atoms with E-state index in [0.29, 0.717) is 43.1 Å². The quantitative estimate of drug-likeness (QED) is 0.160. The molecule has 7 nitrogen and oxygen atoms in total. The van der Waals surface area contributed by atoms with Gasteiger partial charge in [-0.3, -0.25) is 4.79 Å². The Morgan fingerprint density at radius 3 is 2.50 bits per heavy atom. The summed E-state index contributed by atoms with van der Waals surface area (Å²) in [7, 11) is 1.34. The Bertz CT molecular complexity index is 1510. The van der Waals surface area contributed by atoms with Crippen molar-refractivity contribution in [1.29, 1.82) is 0 Å². The number of hydrogen-bond acceptors (Lipinski definition) is 5. The molecule has 0 bridgehead atoms. The topological polar surface area (TPSA) is 90.9 Å². The first-order chi connectivity index (χ1) is 23.3. The fourth-order valence-corrected chi connectivity index (χ4v) is 7.90. The molecular weight excluding hydrogens is 622 g/mol. The van der Waals surface area contributed by atoms with Crippen LogP contribution in [0.3, 0.4) is 0 Å². The van der Waals surface area contributed by atoms with Gasteiger partial charge in [-0.25, -0.2) is 4.79 Å². The minimum atomic E-state index is -1.30. The summed E-state index contributed by atoms with van der Waals surface area (Å²) in [4.78, 5) is 27.5. The third-order valence-corrected chi connectivity index (χ3v) is 10.7. The molecule has 2 aliphatic rings. The van der Waals surface area contributed by atoms with Gasteiger partial charge >= 0.3 is 6.09 Å². The van der Waals surface area contributed by atoms with Crippen LogP contribution in [0.25, 0.3) is 11.1 Å². The average Bonchev–Trinajstić information content (AvgIpc) is 3.13.